The van der Waals surface area contributed by atoms with Crippen molar-refractivity contribution < 1.29 is 10.3 Å². The lowest BCUT2D eigenvalue weighted by Crippen LogP contribution is -2.88. The van der Waals surface area contributed by atoms with Crippen molar-refractivity contribution >= 4 is 28.2 Å². The number of para-hydroxylation sites is 2. The molecule has 1 aliphatic heterocycles. The number of fused-ring (bicyclic) bond motifs is 2. The van der Waals surface area contributed by atoms with Crippen LogP contribution in [0.5, 0.6) is 0 Å². The molecular weight excluding hydrogens is 284 g/mol. The van der Waals surface area contributed by atoms with Crippen LogP contribution in [0.4, 0.5) is 11.4 Å². The Hall–Kier alpha value is -2.46. The second-order valence-electron chi connectivity index (χ2n) is 6.37. The number of benzene rings is 2. The maximum Gasteiger partial charge on any atom is 0.344 e. The number of aryl methyl sites for hydroxylation is 3. The molecule has 23 heavy (non-hydrogen) atoms. The molecule has 0 amide bonds. The quantitative estimate of drug-likeness (QED) is 0.629. The lowest BCUT2D eigenvalue weighted by Gasteiger charge is -1.97. The summed E-state index contributed by atoms with van der Waals surface area (Å²) in [6.07, 6.45) is 3.11. The number of rotatable bonds is 4. The maximum absolute atomic E-state index is 4.72. The summed E-state index contributed by atoms with van der Waals surface area (Å²) < 4.78 is 0. The summed E-state index contributed by atoms with van der Waals surface area (Å²) in [5.41, 5.74) is 7.34. The number of quaternary nitrogens is 1. The second-order valence-corrected chi connectivity index (χ2v) is 6.37. The van der Waals surface area contributed by atoms with Gasteiger partial charge in [0.05, 0.1) is 17.5 Å². The SMILES string of the molecule is Cc1cc2nc(CCCC3=[NH+]c4ccccc4[NH2+]3)[nH]c2cc1C. The van der Waals surface area contributed by atoms with Gasteiger partial charge in [0.1, 0.15) is 5.82 Å². The molecular formula is C19H22N4+2. The summed E-state index contributed by atoms with van der Waals surface area (Å²) in [6, 6.07) is 12.8. The summed E-state index contributed by atoms with van der Waals surface area (Å²) in [7, 11) is 0. The van der Waals surface area contributed by atoms with E-state index in [4.69, 9.17) is 4.98 Å². The first-order valence-electron chi connectivity index (χ1n) is 8.21. The third kappa shape index (κ3) is 2.78. The summed E-state index contributed by atoms with van der Waals surface area (Å²) in [6.45, 7) is 4.28. The Balaban J connectivity index is 1.41. The Kier molecular flexibility index (Phi) is 3.46. The normalized spacial score (nSPS) is 13.4. The second kappa shape index (κ2) is 5.63. The van der Waals surface area contributed by atoms with Gasteiger partial charge < -0.3 is 4.98 Å². The fourth-order valence-electron chi connectivity index (χ4n) is 3.16. The molecule has 4 rings (SSSR count). The van der Waals surface area contributed by atoms with Crippen LogP contribution in [0.25, 0.3) is 11.0 Å². The van der Waals surface area contributed by atoms with Gasteiger partial charge in [-0.3, -0.25) is 0 Å². The molecule has 4 N–H and O–H groups in total. The molecule has 0 unspecified atom stereocenters. The van der Waals surface area contributed by atoms with Gasteiger partial charge in [-0.15, -0.1) is 0 Å². The third-order valence-corrected chi connectivity index (χ3v) is 4.59. The Morgan fingerprint density at radius 2 is 1.91 bits per heavy atom. The molecule has 1 aromatic heterocycles. The summed E-state index contributed by atoms with van der Waals surface area (Å²) >= 11 is 0. The van der Waals surface area contributed by atoms with E-state index in [0.29, 0.717) is 0 Å². The average molecular weight is 306 g/mol. The molecule has 0 fully saturated rings. The molecule has 0 bridgehead atoms. The molecule has 0 saturated carbocycles. The first kappa shape index (κ1) is 14.2. The fraction of sp³-hybridized carbons (Fsp3) is 0.263. The van der Waals surface area contributed by atoms with Crippen molar-refractivity contribution in [3.63, 3.8) is 0 Å². The number of H-pyrrole nitrogens is 1. The highest BCUT2D eigenvalue weighted by Crippen LogP contribution is 2.18. The van der Waals surface area contributed by atoms with Crippen LogP contribution in [0.3, 0.4) is 0 Å². The van der Waals surface area contributed by atoms with E-state index in [9.17, 15) is 0 Å². The van der Waals surface area contributed by atoms with Crippen molar-refractivity contribution in [3.8, 4) is 0 Å². The van der Waals surface area contributed by atoms with Gasteiger partial charge in [0.2, 0.25) is 5.69 Å². The minimum Gasteiger partial charge on any atom is -0.342 e. The van der Waals surface area contributed by atoms with Crippen LogP contribution in [-0.4, -0.2) is 15.8 Å². The molecule has 116 valence electrons. The van der Waals surface area contributed by atoms with E-state index in [-0.39, 0.29) is 0 Å². The van der Waals surface area contributed by atoms with Gasteiger partial charge in [-0.2, -0.15) is 4.99 Å². The average Bonchev–Trinajstić information content (AvgIpc) is 3.11. The summed E-state index contributed by atoms with van der Waals surface area (Å²) in [5.74, 6) is 2.38. The molecule has 2 heterocycles. The Morgan fingerprint density at radius 3 is 2.78 bits per heavy atom. The van der Waals surface area contributed by atoms with Crippen molar-refractivity contribution in [2.45, 2.75) is 33.1 Å². The standard InChI is InChI=1S/C19H20N4/c1-12-10-16-17(11-13(12)2)23-19(22-16)9-5-8-18-20-14-6-3-4-7-15(14)21-18/h3-4,6-7,10-11H,5,8-9H2,1-2H3,(H,20,21)(H,22,23)/p+2. The number of imidazole rings is 1. The van der Waals surface area contributed by atoms with E-state index in [2.05, 4.69) is 65.5 Å². The number of amidine groups is 1. The van der Waals surface area contributed by atoms with E-state index in [1.165, 1.54) is 28.3 Å². The van der Waals surface area contributed by atoms with E-state index in [1.54, 1.807) is 0 Å². The number of nitrogens with zero attached hydrogens (tertiary/aromatic N) is 1. The van der Waals surface area contributed by atoms with Gasteiger partial charge in [-0.1, -0.05) is 12.1 Å². The molecule has 0 aliphatic carbocycles. The highest BCUT2D eigenvalue weighted by molar-refractivity contribution is 5.77. The summed E-state index contributed by atoms with van der Waals surface area (Å²) in [5, 5.41) is 2.25. The zero-order valence-corrected chi connectivity index (χ0v) is 13.6. The topological polar surface area (TPSA) is 59.3 Å². The van der Waals surface area contributed by atoms with Crippen LogP contribution in [0.2, 0.25) is 0 Å². The third-order valence-electron chi connectivity index (χ3n) is 4.59. The number of nitrogens with one attached hydrogen (secondary N) is 2. The molecule has 4 heteroatoms. The van der Waals surface area contributed by atoms with Gasteiger partial charge >= 0.3 is 5.84 Å². The molecule has 0 saturated heterocycles. The van der Waals surface area contributed by atoms with Crippen molar-refractivity contribution in [2.24, 2.45) is 0 Å². The highest BCUT2D eigenvalue weighted by Gasteiger charge is 2.25. The van der Waals surface area contributed by atoms with Crippen molar-refractivity contribution in [1.29, 1.82) is 0 Å². The lowest BCUT2D eigenvalue weighted by atomic mass is 10.1. The van der Waals surface area contributed by atoms with E-state index in [1.807, 2.05) is 0 Å². The van der Waals surface area contributed by atoms with Gasteiger partial charge in [-0.25, -0.2) is 10.3 Å². The number of aromatic nitrogens is 2. The predicted octanol–water partition coefficient (Wildman–Crippen LogP) is 1.52. The van der Waals surface area contributed by atoms with Gasteiger partial charge in [0.25, 0.3) is 5.69 Å². The summed E-state index contributed by atoms with van der Waals surface area (Å²) in [4.78, 5) is 11.7. The Bertz CT molecular complexity index is 866. The molecule has 0 spiro atoms. The minimum atomic E-state index is 0.974. The van der Waals surface area contributed by atoms with Crippen LogP contribution in [0.1, 0.15) is 29.8 Å². The smallest absolute Gasteiger partial charge is 0.342 e. The number of hydrogen-bond donors (Lipinski definition) is 3. The Labute approximate surface area is 135 Å². The van der Waals surface area contributed by atoms with E-state index < -0.39 is 0 Å². The first-order chi connectivity index (χ1) is 11.2. The zero-order chi connectivity index (χ0) is 15.8. The Morgan fingerprint density at radius 1 is 1.09 bits per heavy atom. The molecule has 1 aliphatic rings. The van der Waals surface area contributed by atoms with Gasteiger partial charge in [0, 0.05) is 18.6 Å². The van der Waals surface area contributed by atoms with Crippen LogP contribution < -0.4 is 10.3 Å². The van der Waals surface area contributed by atoms with Crippen molar-refractivity contribution in [3.05, 3.63) is 53.3 Å². The van der Waals surface area contributed by atoms with Crippen LogP contribution in [0.15, 0.2) is 36.4 Å². The van der Waals surface area contributed by atoms with Gasteiger partial charge in [-0.05, 0) is 43.5 Å². The fourth-order valence-corrected chi connectivity index (χ4v) is 3.16. The van der Waals surface area contributed by atoms with Crippen LogP contribution >= 0.6 is 0 Å². The highest BCUT2D eigenvalue weighted by atomic mass is 15.1. The first-order valence-corrected chi connectivity index (χ1v) is 8.21. The zero-order valence-electron chi connectivity index (χ0n) is 13.6. The van der Waals surface area contributed by atoms with Crippen molar-refractivity contribution in [2.75, 3.05) is 0 Å². The van der Waals surface area contributed by atoms with Crippen LogP contribution in [0, 0.1) is 13.8 Å². The number of hydrogen-bond acceptors (Lipinski definition) is 1. The molecule has 0 radical (unpaired) electrons. The van der Waals surface area contributed by atoms with Crippen molar-refractivity contribution in [1.82, 2.24) is 9.97 Å². The van der Waals surface area contributed by atoms with E-state index in [0.717, 1.165) is 36.1 Å². The molecule has 3 aromatic rings. The van der Waals surface area contributed by atoms with Crippen LogP contribution in [-0.2, 0) is 6.42 Å². The number of nitrogens with two attached hydrogens (primary N) is 1. The maximum atomic E-state index is 4.72. The molecule has 2 aromatic carbocycles. The molecule has 4 nitrogen and oxygen atoms in total. The minimum absolute atomic E-state index is 0.974. The number of aromatic amines is 1. The largest absolute Gasteiger partial charge is 0.344 e. The molecule has 0 atom stereocenters. The predicted molar refractivity (Wildman–Crippen MR) is 92.2 cm³/mol. The van der Waals surface area contributed by atoms with E-state index >= 15 is 0 Å². The lowest BCUT2D eigenvalue weighted by molar-refractivity contribution is -0.489. The van der Waals surface area contributed by atoms with Gasteiger partial charge in [0.15, 0.2) is 0 Å². The monoisotopic (exact) mass is 306 g/mol.